The maximum absolute atomic E-state index is 9.22. The van der Waals surface area contributed by atoms with Crippen LogP contribution in [0.15, 0.2) is 18.3 Å². The number of methoxy groups -OCH3 is 1. The minimum absolute atomic E-state index is 0.366. The van der Waals surface area contributed by atoms with Crippen LogP contribution in [0.1, 0.15) is 29.8 Å². The Morgan fingerprint density at radius 3 is 2.45 bits per heavy atom. The van der Waals surface area contributed by atoms with E-state index < -0.39 is 0 Å². The van der Waals surface area contributed by atoms with Gasteiger partial charge in [-0.25, -0.2) is 4.98 Å². The molecule has 4 heteroatoms. The van der Waals surface area contributed by atoms with Crippen LogP contribution in [0.5, 0.6) is 5.75 Å². The molecule has 0 spiro atoms. The first-order valence-electron chi connectivity index (χ1n) is 6.72. The van der Waals surface area contributed by atoms with E-state index >= 15 is 0 Å². The van der Waals surface area contributed by atoms with Crippen molar-refractivity contribution in [3.63, 3.8) is 0 Å². The first kappa shape index (κ1) is 12.7. The predicted molar refractivity (Wildman–Crippen MR) is 76.6 cm³/mol. The van der Waals surface area contributed by atoms with Gasteiger partial charge in [-0.05, 0) is 49.9 Å². The van der Waals surface area contributed by atoms with Crippen LogP contribution in [0, 0.1) is 25.2 Å². The van der Waals surface area contributed by atoms with E-state index in [4.69, 9.17) is 4.74 Å². The predicted octanol–water partition coefficient (Wildman–Crippen LogP) is 3.26. The number of nitrogens with one attached hydrogen (secondary N) is 1. The lowest BCUT2D eigenvalue weighted by molar-refractivity contribution is 0.408. The lowest BCUT2D eigenvalue weighted by atomic mass is 10.0. The summed E-state index contributed by atoms with van der Waals surface area (Å²) in [5, 5.41) is 9.22. The van der Waals surface area contributed by atoms with Crippen molar-refractivity contribution in [2.75, 3.05) is 7.11 Å². The van der Waals surface area contributed by atoms with Crippen molar-refractivity contribution < 1.29 is 4.74 Å². The average Bonchev–Trinajstić information content (AvgIpc) is 3.07. The van der Waals surface area contributed by atoms with E-state index in [-0.39, 0.29) is 5.41 Å². The van der Waals surface area contributed by atoms with Gasteiger partial charge in [-0.2, -0.15) is 5.26 Å². The Morgan fingerprint density at radius 1 is 1.30 bits per heavy atom. The normalized spacial score (nSPS) is 15.7. The molecule has 1 N–H and O–H groups in total. The molecule has 0 aliphatic heterocycles. The molecule has 0 radical (unpaired) electrons. The summed E-state index contributed by atoms with van der Waals surface area (Å²) in [6.07, 6.45) is 3.61. The molecule has 2 aromatic rings. The van der Waals surface area contributed by atoms with Crippen LogP contribution < -0.4 is 4.74 Å². The Balaban J connectivity index is 2.01. The van der Waals surface area contributed by atoms with Gasteiger partial charge in [0.15, 0.2) is 0 Å². The van der Waals surface area contributed by atoms with E-state index in [1.54, 1.807) is 7.11 Å². The molecular formula is C16H17N3O. The second-order valence-corrected chi connectivity index (χ2v) is 5.48. The molecule has 0 amide bonds. The third-order valence-corrected chi connectivity index (χ3v) is 3.97. The van der Waals surface area contributed by atoms with Crippen molar-refractivity contribution in [2.24, 2.45) is 0 Å². The van der Waals surface area contributed by atoms with Gasteiger partial charge in [0.2, 0.25) is 0 Å². The number of H-pyrrole nitrogens is 1. The van der Waals surface area contributed by atoms with Crippen LogP contribution in [-0.2, 0) is 5.41 Å². The molecule has 102 valence electrons. The highest BCUT2D eigenvalue weighted by molar-refractivity contribution is 5.64. The van der Waals surface area contributed by atoms with Gasteiger partial charge in [-0.1, -0.05) is 0 Å². The second-order valence-electron chi connectivity index (χ2n) is 5.48. The van der Waals surface area contributed by atoms with E-state index in [0.29, 0.717) is 0 Å². The summed E-state index contributed by atoms with van der Waals surface area (Å²) >= 11 is 0. The highest BCUT2D eigenvalue weighted by atomic mass is 16.5. The molecule has 1 aromatic carbocycles. The van der Waals surface area contributed by atoms with E-state index in [1.807, 2.05) is 20.0 Å². The van der Waals surface area contributed by atoms with Gasteiger partial charge in [-0.3, -0.25) is 0 Å². The third-order valence-electron chi connectivity index (χ3n) is 3.97. The van der Waals surface area contributed by atoms with E-state index in [1.165, 1.54) is 0 Å². The summed E-state index contributed by atoms with van der Waals surface area (Å²) in [6.45, 7) is 4.06. The lowest BCUT2D eigenvalue weighted by Gasteiger charge is -2.10. The minimum Gasteiger partial charge on any atom is -0.496 e. The van der Waals surface area contributed by atoms with Gasteiger partial charge >= 0.3 is 0 Å². The maximum atomic E-state index is 9.22. The van der Waals surface area contributed by atoms with Crippen LogP contribution in [0.3, 0.4) is 0 Å². The Bertz CT molecular complexity index is 682. The summed E-state index contributed by atoms with van der Waals surface area (Å²) in [6, 6.07) is 6.52. The smallest absolute Gasteiger partial charge is 0.127 e. The van der Waals surface area contributed by atoms with Crippen LogP contribution in [-0.4, -0.2) is 17.1 Å². The van der Waals surface area contributed by atoms with Gasteiger partial charge in [0.1, 0.15) is 17.0 Å². The molecule has 3 rings (SSSR count). The second kappa shape index (κ2) is 4.38. The quantitative estimate of drug-likeness (QED) is 0.928. The van der Waals surface area contributed by atoms with Crippen molar-refractivity contribution in [2.45, 2.75) is 32.1 Å². The first-order valence-corrected chi connectivity index (χ1v) is 6.72. The van der Waals surface area contributed by atoms with Crippen molar-refractivity contribution in [1.29, 1.82) is 5.26 Å². The Hall–Kier alpha value is -2.28. The zero-order chi connectivity index (χ0) is 14.3. The number of hydrogen-bond acceptors (Lipinski definition) is 3. The maximum Gasteiger partial charge on any atom is 0.127 e. The Labute approximate surface area is 118 Å². The highest BCUT2D eigenvalue weighted by Gasteiger charge is 2.47. The lowest BCUT2D eigenvalue weighted by Crippen LogP contribution is -2.04. The molecule has 0 unspecified atom stereocenters. The summed E-state index contributed by atoms with van der Waals surface area (Å²) in [7, 11) is 1.69. The zero-order valence-electron chi connectivity index (χ0n) is 11.9. The van der Waals surface area contributed by atoms with Crippen LogP contribution in [0.4, 0.5) is 0 Å². The SMILES string of the molecule is COc1c(C)cc(-c2cnc(C3(C#N)CC3)[nH]2)cc1C. The van der Waals surface area contributed by atoms with Crippen LogP contribution >= 0.6 is 0 Å². The van der Waals surface area contributed by atoms with E-state index in [0.717, 1.165) is 46.8 Å². The number of aromatic amines is 1. The summed E-state index contributed by atoms with van der Waals surface area (Å²) < 4.78 is 5.38. The topological polar surface area (TPSA) is 61.7 Å². The number of ether oxygens (including phenoxy) is 1. The number of benzene rings is 1. The summed E-state index contributed by atoms with van der Waals surface area (Å²) in [4.78, 5) is 7.69. The summed E-state index contributed by atoms with van der Waals surface area (Å²) in [5.74, 6) is 1.71. The largest absolute Gasteiger partial charge is 0.496 e. The number of nitriles is 1. The fraction of sp³-hybridized carbons (Fsp3) is 0.375. The van der Waals surface area contributed by atoms with Crippen LogP contribution in [0.2, 0.25) is 0 Å². The molecule has 1 fully saturated rings. The Kier molecular flexibility index (Phi) is 2.79. The van der Waals surface area contributed by atoms with Gasteiger partial charge in [0, 0.05) is 5.56 Å². The van der Waals surface area contributed by atoms with Crippen LogP contribution in [0.25, 0.3) is 11.3 Å². The standard InChI is InChI=1S/C16H17N3O/c1-10-6-12(7-11(2)14(10)20-3)13-8-18-15(19-13)16(9-17)4-5-16/h6-8H,4-5H2,1-3H3,(H,18,19). The number of aryl methyl sites for hydroxylation is 2. The molecule has 1 aliphatic carbocycles. The number of aromatic nitrogens is 2. The van der Waals surface area contributed by atoms with E-state index in [2.05, 4.69) is 28.2 Å². The minimum atomic E-state index is -0.366. The zero-order valence-corrected chi connectivity index (χ0v) is 11.9. The molecule has 1 aliphatic rings. The Morgan fingerprint density at radius 2 is 1.95 bits per heavy atom. The number of rotatable bonds is 3. The molecular weight excluding hydrogens is 250 g/mol. The van der Waals surface area contributed by atoms with Gasteiger partial charge < -0.3 is 9.72 Å². The van der Waals surface area contributed by atoms with Crippen molar-refractivity contribution in [3.8, 4) is 23.1 Å². The van der Waals surface area contributed by atoms with Gasteiger partial charge in [0.25, 0.3) is 0 Å². The third kappa shape index (κ3) is 1.87. The molecule has 0 bridgehead atoms. The molecule has 0 saturated heterocycles. The molecule has 20 heavy (non-hydrogen) atoms. The summed E-state index contributed by atoms with van der Waals surface area (Å²) in [5.41, 5.74) is 3.86. The fourth-order valence-electron chi connectivity index (χ4n) is 2.67. The monoisotopic (exact) mass is 267 g/mol. The molecule has 1 saturated carbocycles. The molecule has 0 atom stereocenters. The van der Waals surface area contributed by atoms with Gasteiger partial charge in [-0.15, -0.1) is 0 Å². The highest BCUT2D eigenvalue weighted by Crippen LogP contribution is 2.46. The first-order chi connectivity index (χ1) is 9.59. The number of hydrogen-bond donors (Lipinski definition) is 1. The van der Waals surface area contributed by atoms with Crippen molar-refractivity contribution in [3.05, 3.63) is 35.3 Å². The van der Waals surface area contributed by atoms with Crippen molar-refractivity contribution in [1.82, 2.24) is 9.97 Å². The van der Waals surface area contributed by atoms with Gasteiger partial charge in [0.05, 0.1) is 25.1 Å². The number of imidazole rings is 1. The average molecular weight is 267 g/mol. The number of nitrogens with zero attached hydrogens (tertiary/aromatic N) is 2. The van der Waals surface area contributed by atoms with Crippen molar-refractivity contribution >= 4 is 0 Å². The molecule has 1 aromatic heterocycles. The van der Waals surface area contributed by atoms with E-state index in [9.17, 15) is 5.26 Å². The molecule has 1 heterocycles. The fourth-order valence-corrected chi connectivity index (χ4v) is 2.67. The molecule has 4 nitrogen and oxygen atoms in total.